The molecular weight excluding hydrogens is 382 g/mol. The summed E-state index contributed by atoms with van der Waals surface area (Å²) >= 11 is 0. The van der Waals surface area contributed by atoms with Gasteiger partial charge in [-0.2, -0.15) is 0 Å². The summed E-state index contributed by atoms with van der Waals surface area (Å²) in [5.41, 5.74) is 2.60. The lowest BCUT2D eigenvalue weighted by Crippen LogP contribution is -2.18. The Kier molecular flexibility index (Phi) is 14.5. The van der Waals surface area contributed by atoms with E-state index in [0.29, 0.717) is 0 Å². The molecule has 5 heteroatoms. The number of likely N-dealkylation sites (N-methyl/N-ethyl adjacent to an activating group) is 1. The Labute approximate surface area is 180 Å². The van der Waals surface area contributed by atoms with Crippen LogP contribution in [0.1, 0.15) is 12.8 Å². The molecule has 0 saturated heterocycles. The van der Waals surface area contributed by atoms with E-state index in [4.69, 9.17) is 0 Å². The van der Waals surface area contributed by atoms with E-state index in [1.165, 1.54) is 29.2 Å². The molecular formula is C23H35N3S2. The van der Waals surface area contributed by atoms with Crippen LogP contribution in [0.25, 0.3) is 0 Å². The summed E-state index contributed by atoms with van der Waals surface area (Å²) < 4.78 is 0. The Balaban J connectivity index is 2.35. The van der Waals surface area contributed by atoms with Gasteiger partial charge in [-0.1, -0.05) is 64.1 Å². The molecule has 0 atom stereocenters. The average molecular weight is 418 g/mol. The molecule has 0 saturated carbocycles. The Morgan fingerprint density at radius 1 is 0.964 bits per heavy atom. The van der Waals surface area contributed by atoms with E-state index in [1.807, 2.05) is 45.9 Å². The van der Waals surface area contributed by atoms with Gasteiger partial charge in [0.25, 0.3) is 0 Å². The molecule has 3 nitrogen and oxygen atoms in total. The van der Waals surface area contributed by atoms with Crippen LogP contribution in [0.4, 0.5) is 0 Å². The first-order valence-electron chi connectivity index (χ1n) is 9.73. The zero-order chi connectivity index (χ0) is 20.5. The van der Waals surface area contributed by atoms with E-state index >= 15 is 0 Å². The maximum Gasteiger partial charge on any atom is 0.0360 e. The van der Waals surface area contributed by atoms with Gasteiger partial charge in [0.2, 0.25) is 0 Å². The number of nitrogens with zero attached hydrogens (tertiary/aromatic N) is 3. The Morgan fingerprint density at radius 2 is 1.71 bits per heavy atom. The van der Waals surface area contributed by atoms with E-state index in [1.54, 1.807) is 13.3 Å². The van der Waals surface area contributed by atoms with Crippen molar-refractivity contribution in [2.24, 2.45) is 4.99 Å². The molecule has 0 spiro atoms. The first-order chi connectivity index (χ1) is 13.6. The third-order valence-electron chi connectivity index (χ3n) is 3.97. The Morgan fingerprint density at radius 3 is 2.50 bits per heavy atom. The van der Waals surface area contributed by atoms with Crippen molar-refractivity contribution in [3.63, 3.8) is 0 Å². The molecule has 0 unspecified atom stereocenters. The first kappa shape index (κ1) is 24.6. The highest BCUT2D eigenvalue weighted by Crippen LogP contribution is 2.22. The van der Waals surface area contributed by atoms with Crippen molar-refractivity contribution >= 4 is 27.8 Å². The summed E-state index contributed by atoms with van der Waals surface area (Å²) in [5.74, 6) is 2.40. The van der Waals surface area contributed by atoms with Gasteiger partial charge in [0, 0.05) is 50.6 Å². The second kappa shape index (κ2) is 16.5. The van der Waals surface area contributed by atoms with Crippen molar-refractivity contribution in [3.05, 3.63) is 72.0 Å². The number of aliphatic imine (C=N–C) groups is 1. The largest absolute Gasteiger partial charge is 0.375 e. The fourth-order valence-corrected chi connectivity index (χ4v) is 4.55. The van der Waals surface area contributed by atoms with Crippen LogP contribution in [0.15, 0.2) is 77.0 Å². The van der Waals surface area contributed by atoms with Crippen LogP contribution < -0.4 is 0 Å². The van der Waals surface area contributed by atoms with Crippen LogP contribution >= 0.6 is 21.6 Å². The molecule has 0 aromatic carbocycles. The minimum absolute atomic E-state index is 0.967. The molecule has 154 valence electrons. The third-order valence-corrected chi connectivity index (χ3v) is 6.44. The van der Waals surface area contributed by atoms with Crippen molar-refractivity contribution in [1.29, 1.82) is 0 Å². The Bertz CT molecular complexity index is 626. The zero-order valence-electron chi connectivity index (χ0n) is 17.8. The molecule has 0 N–H and O–H groups in total. The highest BCUT2D eigenvalue weighted by molar-refractivity contribution is 8.76. The van der Waals surface area contributed by atoms with Crippen LogP contribution in [0, 0.1) is 0 Å². The number of hydrogen-bond acceptors (Lipinski definition) is 5. The predicted octanol–water partition coefficient (Wildman–Crippen LogP) is 5.39. The van der Waals surface area contributed by atoms with Gasteiger partial charge < -0.3 is 9.80 Å². The van der Waals surface area contributed by atoms with E-state index in [9.17, 15) is 0 Å². The van der Waals surface area contributed by atoms with Gasteiger partial charge in [-0.25, -0.2) is 0 Å². The van der Waals surface area contributed by atoms with E-state index in [2.05, 4.69) is 72.4 Å². The summed E-state index contributed by atoms with van der Waals surface area (Å²) in [5, 5.41) is 0. The summed E-state index contributed by atoms with van der Waals surface area (Å²) in [4.78, 5) is 8.49. The quantitative estimate of drug-likeness (QED) is 0.173. The van der Waals surface area contributed by atoms with Gasteiger partial charge in [-0.15, -0.1) is 0 Å². The monoisotopic (exact) mass is 417 g/mol. The zero-order valence-corrected chi connectivity index (χ0v) is 19.4. The van der Waals surface area contributed by atoms with Crippen molar-refractivity contribution in [3.8, 4) is 0 Å². The van der Waals surface area contributed by atoms with Crippen molar-refractivity contribution in [1.82, 2.24) is 9.80 Å². The van der Waals surface area contributed by atoms with Gasteiger partial charge in [0.1, 0.15) is 0 Å². The lowest BCUT2D eigenvalue weighted by Gasteiger charge is -2.19. The highest BCUT2D eigenvalue weighted by Gasteiger charge is 2.03. The van der Waals surface area contributed by atoms with Gasteiger partial charge >= 0.3 is 0 Å². The van der Waals surface area contributed by atoms with E-state index < -0.39 is 0 Å². The maximum atomic E-state index is 3.90. The highest BCUT2D eigenvalue weighted by atomic mass is 33.1. The van der Waals surface area contributed by atoms with Gasteiger partial charge in [-0.3, -0.25) is 4.99 Å². The molecule has 0 aromatic rings. The molecule has 1 aliphatic rings. The fraction of sp³-hybridized carbons (Fsp3) is 0.435. The minimum Gasteiger partial charge on any atom is -0.375 e. The molecule has 0 amide bonds. The molecule has 1 aliphatic carbocycles. The van der Waals surface area contributed by atoms with Crippen LogP contribution in [0.2, 0.25) is 0 Å². The van der Waals surface area contributed by atoms with Gasteiger partial charge in [0.15, 0.2) is 0 Å². The summed E-state index contributed by atoms with van der Waals surface area (Å²) in [6.07, 6.45) is 25.1. The van der Waals surface area contributed by atoms with Crippen molar-refractivity contribution in [2.45, 2.75) is 12.8 Å². The smallest absolute Gasteiger partial charge is 0.0360 e. The van der Waals surface area contributed by atoms with Gasteiger partial charge in [-0.05, 0) is 50.7 Å². The molecule has 0 heterocycles. The first-order valence-corrected chi connectivity index (χ1v) is 12.2. The standard InChI is InChI=1S/C23H35N3S2/c1-24-17-9-7-5-6-8-12-22-13-10-14-23(16-15-22)26(4)18-11-20-27-28-21-19-25(2)3/h5-10,12,14-17H,11,13,18-21H2,1-4H3/b6-5+,9-7-,12-8+,24-17?. The van der Waals surface area contributed by atoms with Crippen molar-refractivity contribution < 1.29 is 0 Å². The van der Waals surface area contributed by atoms with Crippen LogP contribution in [-0.2, 0) is 0 Å². The van der Waals surface area contributed by atoms with Crippen LogP contribution in [0.5, 0.6) is 0 Å². The minimum atomic E-state index is 0.967. The second-order valence-corrected chi connectivity index (χ2v) is 9.40. The van der Waals surface area contributed by atoms with Crippen LogP contribution in [-0.4, -0.2) is 68.8 Å². The molecule has 0 fully saturated rings. The van der Waals surface area contributed by atoms with Crippen molar-refractivity contribution in [2.75, 3.05) is 52.8 Å². The van der Waals surface area contributed by atoms with Crippen LogP contribution in [0.3, 0.4) is 0 Å². The number of hydrogen-bond donors (Lipinski definition) is 0. The lowest BCUT2D eigenvalue weighted by atomic mass is 10.1. The normalized spacial score (nSPS) is 15.3. The fourth-order valence-electron chi connectivity index (χ4n) is 2.34. The predicted molar refractivity (Wildman–Crippen MR) is 132 cm³/mol. The topological polar surface area (TPSA) is 18.8 Å². The maximum absolute atomic E-state index is 3.90. The lowest BCUT2D eigenvalue weighted by molar-refractivity contribution is 0.431. The molecule has 1 rings (SSSR count). The number of rotatable bonds is 13. The van der Waals surface area contributed by atoms with E-state index in [-0.39, 0.29) is 0 Å². The second-order valence-electron chi connectivity index (χ2n) is 6.70. The SMILES string of the molecule is CN=C\C=C/C=C/C=C/C1=CC=C(N(C)CCCSSCCN(C)C)C=CC1. The molecule has 0 radical (unpaired) electrons. The van der Waals surface area contributed by atoms with Gasteiger partial charge in [0.05, 0.1) is 0 Å². The summed E-state index contributed by atoms with van der Waals surface area (Å²) in [6.45, 7) is 2.24. The summed E-state index contributed by atoms with van der Waals surface area (Å²) in [7, 11) is 12.2. The molecule has 0 aromatic heterocycles. The molecule has 0 aliphatic heterocycles. The number of allylic oxidation sites excluding steroid dienone is 11. The van der Waals surface area contributed by atoms with E-state index in [0.717, 1.165) is 19.5 Å². The average Bonchev–Trinajstić information content (AvgIpc) is 2.92. The third kappa shape index (κ3) is 12.9. The molecule has 28 heavy (non-hydrogen) atoms. The molecule has 0 bridgehead atoms. The summed E-state index contributed by atoms with van der Waals surface area (Å²) in [6, 6.07) is 0. The Hall–Kier alpha value is -1.43.